The highest BCUT2D eigenvalue weighted by molar-refractivity contribution is 6.42. The van der Waals surface area contributed by atoms with Gasteiger partial charge in [-0.25, -0.2) is 0 Å². The minimum atomic E-state index is -0.153. The van der Waals surface area contributed by atoms with Gasteiger partial charge in [-0.3, -0.25) is 4.79 Å². The maximum atomic E-state index is 12.2. The van der Waals surface area contributed by atoms with Gasteiger partial charge >= 0.3 is 0 Å². The lowest BCUT2D eigenvalue weighted by molar-refractivity contribution is -0.121. The number of amides is 1. The highest BCUT2D eigenvalue weighted by Crippen LogP contribution is 2.26. The topological polar surface area (TPSA) is 38.3 Å². The summed E-state index contributed by atoms with van der Waals surface area (Å²) in [7, 11) is 1.62. The number of methoxy groups -OCH3 is 1. The molecule has 3 nitrogen and oxygen atoms in total. The van der Waals surface area contributed by atoms with Gasteiger partial charge in [-0.05, 0) is 37.6 Å². The zero-order chi connectivity index (χ0) is 17.0. The molecule has 2 aromatic carbocycles. The highest BCUT2D eigenvalue weighted by Gasteiger charge is 2.15. The van der Waals surface area contributed by atoms with Crippen molar-refractivity contribution >= 4 is 29.1 Å². The van der Waals surface area contributed by atoms with E-state index in [2.05, 4.69) is 5.32 Å². The first-order valence-corrected chi connectivity index (χ1v) is 8.04. The molecular formula is C18H19Cl2NO2. The molecule has 0 aliphatic heterocycles. The van der Waals surface area contributed by atoms with E-state index in [1.165, 1.54) is 0 Å². The molecule has 0 saturated heterocycles. The van der Waals surface area contributed by atoms with Gasteiger partial charge < -0.3 is 10.1 Å². The third kappa shape index (κ3) is 4.63. The minimum absolute atomic E-state index is 0.0838. The molecule has 2 aromatic rings. The van der Waals surface area contributed by atoms with Gasteiger partial charge in [-0.1, -0.05) is 47.0 Å². The van der Waals surface area contributed by atoms with Crippen molar-refractivity contribution in [3.63, 3.8) is 0 Å². The van der Waals surface area contributed by atoms with E-state index in [0.29, 0.717) is 10.0 Å². The number of carbonyl (C=O) groups excluding carboxylic acids is 1. The molecule has 0 aromatic heterocycles. The van der Waals surface area contributed by atoms with Crippen molar-refractivity contribution in [3.05, 3.63) is 63.1 Å². The maximum absolute atomic E-state index is 12.2. The van der Waals surface area contributed by atoms with Gasteiger partial charge in [0.1, 0.15) is 5.75 Å². The summed E-state index contributed by atoms with van der Waals surface area (Å²) in [6, 6.07) is 11.0. The van der Waals surface area contributed by atoms with Gasteiger partial charge in [0, 0.05) is 5.56 Å². The van der Waals surface area contributed by atoms with Gasteiger partial charge in [0.2, 0.25) is 5.91 Å². The second-order valence-corrected chi connectivity index (χ2v) is 6.27. The first-order chi connectivity index (χ1) is 10.9. The fourth-order valence-electron chi connectivity index (χ4n) is 2.40. The van der Waals surface area contributed by atoms with Crippen molar-refractivity contribution in [1.82, 2.24) is 5.32 Å². The van der Waals surface area contributed by atoms with Gasteiger partial charge in [0.25, 0.3) is 0 Å². The molecule has 0 saturated carbocycles. The Kier molecular flexibility index (Phi) is 5.91. The van der Waals surface area contributed by atoms with E-state index in [1.807, 2.05) is 32.0 Å². The predicted molar refractivity (Wildman–Crippen MR) is 94.5 cm³/mol. The van der Waals surface area contributed by atoms with Crippen LogP contribution in [-0.2, 0) is 11.2 Å². The van der Waals surface area contributed by atoms with Crippen molar-refractivity contribution in [2.75, 3.05) is 7.11 Å². The van der Waals surface area contributed by atoms with Crippen molar-refractivity contribution in [3.8, 4) is 5.75 Å². The van der Waals surface area contributed by atoms with Crippen molar-refractivity contribution in [1.29, 1.82) is 0 Å². The Balaban J connectivity index is 2.07. The molecule has 0 radical (unpaired) electrons. The number of benzene rings is 2. The van der Waals surface area contributed by atoms with Crippen LogP contribution in [0.25, 0.3) is 0 Å². The summed E-state index contributed by atoms with van der Waals surface area (Å²) in [6.07, 6.45) is 0.245. The summed E-state index contributed by atoms with van der Waals surface area (Å²) >= 11 is 11.9. The first kappa shape index (κ1) is 17.6. The fourth-order valence-corrected chi connectivity index (χ4v) is 2.72. The Morgan fingerprint density at radius 3 is 2.57 bits per heavy atom. The Morgan fingerprint density at radius 2 is 1.91 bits per heavy atom. The lowest BCUT2D eigenvalue weighted by atomic mass is 10.0. The van der Waals surface area contributed by atoms with Crippen LogP contribution in [0.2, 0.25) is 10.0 Å². The second-order valence-electron chi connectivity index (χ2n) is 5.46. The van der Waals surface area contributed by atoms with Crippen LogP contribution >= 0.6 is 23.2 Å². The van der Waals surface area contributed by atoms with Gasteiger partial charge in [-0.15, -0.1) is 0 Å². The molecule has 2 rings (SSSR count). The third-order valence-electron chi connectivity index (χ3n) is 3.58. The van der Waals surface area contributed by atoms with Crippen molar-refractivity contribution in [2.24, 2.45) is 0 Å². The summed E-state index contributed by atoms with van der Waals surface area (Å²) in [6.45, 7) is 3.94. The molecule has 1 amide bonds. The van der Waals surface area contributed by atoms with Crippen LogP contribution in [0, 0.1) is 6.92 Å². The molecule has 1 atom stereocenters. The van der Waals surface area contributed by atoms with Crippen LogP contribution in [0.1, 0.15) is 29.7 Å². The van der Waals surface area contributed by atoms with Crippen LogP contribution in [0.3, 0.4) is 0 Å². The normalized spacial score (nSPS) is 11.9. The summed E-state index contributed by atoms with van der Waals surface area (Å²) < 4.78 is 5.37. The lowest BCUT2D eigenvalue weighted by Gasteiger charge is -2.18. The van der Waals surface area contributed by atoms with Crippen LogP contribution in [0.5, 0.6) is 5.75 Å². The Hall–Kier alpha value is -1.71. The molecule has 122 valence electrons. The van der Waals surface area contributed by atoms with Crippen LogP contribution in [0.15, 0.2) is 36.4 Å². The Morgan fingerprint density at radius 1 is 1.17 bits per heavy atom. The molecule has 0 fully saturated rings. The average molecular weight is 352 g/mol. The molecule has 0 bridgehead atoms. The van der Waals surface area contributed by atoms with Crippen LogP contribution < -0.4 is 10.1 Å². The van der Waals surface area contributed by atoms with E-state index >= 15 is 0 Å². The largest absolute Gasteiger partial charge is 0.496 e. The fraction of sp³-hybridized carbons (Fsp3) is 0.278. The standard InChI is InChI=1S/C18H19Cl2NO2/c1-11-4-7-17(23-3)14(8-11)12(2)21-18(22)10-13-5-6-15(19)16(20)9-13/h4-9,12H,10H2,1-3H3,(H,21,22)/t12-/m1/s1. The summed E-state index contributed by atoms with van der Waals surface area (Å²) in [4.78, 5) is 12.2. The number of carbonyl (C=O) groups is 1. The minimum Gasteiger partial charge on any atom is -0.496 e. The molecule has 5 heteroatoms. The smallest absolute Gasteiger partial charge is 0.224 e. The number of ether oxygens (including phenoxy) is 1. The predicted octanol–water partition coefficient (Wildman–Crippen LogP) is 4.73. The summed E-state index contributed by atoms with van der Waals surface area (Å²) in [5.74, 6) is 0.678. The summed E-state index contributed by atoms with van der Waals surface area (Å²) in [5, 5.41) is 3.92. The molecule has 0 aliphatic carbocycles. The molecule has 0 unspecified atom stereocenters. The van der Waals surface area contributed by atoms with Crippen molar-refractivity contribution < 1.29 is 9.53 Å². The zero-order valence-corrected chi connectivity index (χ0v) is 14.8. The number of aryl methyl sites for hydroxylation is 1. The molecule has 0 heterocycles. The molecule has 1 N–H and O–H groups in total. The number of nitrogens with one attached hydrogen (secondary N) is 1. The molecule has 0 aliphatic rings. The molecule has 0 spiro atoms. The third-order valence-corrected chi connectivity index (χ3v) is 4.32. The summed E-state index contributed by atoms with van der Waals surface area (Å²) in [5.41, 5.74) is 2.89. The SMILES string of the molecule is COc1ccc(C)cc1[C@@H](C)NC(=O)Cc1ccc(Cl)c(Cl)c1. The van der Waals surface area contributed by atoms with E-state index in [1.54, 1.807) is 25.3 Å². The second kappa shape index (κ2) is 7.71. The number of halogens is 2. The quantitative estimate of drug-likeness (QED) is 0.845. The van der Waals surface area contributed by atoms with E-state index in [-0.39, 0.29) is 18.4 Å². The highest BCUT2D eigenvalue weighted by atomic mass is 35.5. The average Bonchev–Trinajstić information content (AvgIpc) is 2.50. The van der Waals surface area contributed by atoms with E-state index in [4.69, 9.17) is 27.9 Å². The van der Waals surface area contributed by atoms with Gasteiger partial charge in [0.15, 0.2) is 0 Å². The molecular weight excluding hydrogens is 333 g/mol. The van der Waals surface area contributed by atoms with E-state index < -0.39 is 0 Å². The van der Waals surface area contributed by atoms with Crippen LogP contribution in [0.4, 0.5) is 0 Å². The number of rotatable bonds is 5. The first-order valence-electron chi connectivity index (χ1n) is 7.28. The van der Waals surface area contributed by atoms with Gasteiger partial charge in [-0.2, -0.15) is 0 Å². The Bertz CT molecular complexity index is 716. The van der Waals surface area contributed by atoms with E-state index in [9.17, 15) is 4.79 Å². The van der Waals surface area contributed by atoms with Crippen LogP contribution in [-0.4, -0.2) is 13.0 Å². The zero-order valence-electron chi connectivity index (χ0n) is 13.3. The lowest BCUT2D eigenvalue weighted by Crippen LogP contribution is -2.28. The number of hydrogen-bond donors (Lipinski definition) is 1. The van der Waals surface area contributed by atoms with Crippen molar-refractivity contribution in [2.45, 2.75) is 26.3 Å². The molecule has 23 heavy (non-hydrogen) atoms. The van der Waals surface area contributed by atoms with Gasteiger partial charge in [0.05, 0.1) is 29.6 Å². The number of hydrogen-bond acceptors (Lipinski definition) is 2. The van der Waals surface area contributed by atoms with E-state index in [0.717, 1.165) is 22.4 Å². The maximum Gasteiger partial charge on any atom is 0.224 e. The Labute approximate surface area is 146 Å². The monoisotopic (exact) mass is 351 g/mol.